The van der Waals surface area contributed by atoms with Crippen molar-refractivity contribution in [3.8, 4) is 22.6 Å². The minimum absolute atomic E-state index is 0.0355. The topological polar surface area (TPSA) is 127 Å². The van der Waals surface area contributed by atoms with Gasteiger partial charge in [0, 0.05) is 18.7 Å². The van der Waals surface area contributed by atoms with Crippen LogP contribution in [0.3, 0.4) is 0 Å². The van der Waals surface area contributed by atoms with E-state index in [0.29, 0.717) is 34.6 Å². The van der Waals surface area contributed by atoms with E-state index in [1.54, 1.807) is 57.2 Å². The van der Waals surface area contributed by atoms with Gasteiger partial charge in [-0.05, 0) is 103 Å². The SMILES string of the molecule is C=CCN(C=O)C(=O)c1cc(C(=O)Oc2ccc(-c3ccc(OC(=O)c4ccc5c(c4)C(=O)N(CC=C)C5=O)c(C)c3)cc2C)ccc1C.CC. The smallest absolute Gasteiger partial charge is 0.343 e. The van der Waals surface area contributed by atoms with Gasteiger partial charge in [-0.25, -0.2) is 9.59 Å². The first-order valence-electron chi connectivity index (χ1n) is 16.2. The van der Waals surface area contributed by atoms with E-state index < -0.39 is 29.7 Å². The third-order valence-electron chi connectivity index (χ3n) is 8.02. The van der Waals surface area contributed by atoms with Crippen molar-refractivity contribution in [3.63, 3.8) is 0 Å². The molecular weight excluding hydrogens is 648 g/mol. The maximum absolute atomic E-state index is 13.1. The number of carbonyl (C=O) groups excluding carboxylic acids is 6. The van der Waals surface area contributed by atoms with E-state index in [0.717, 1.165) is 20.9 Å². The molecule has 0 atom stereocenters. The van der Waals surface area contributed by atoms with Gasteiger partial charge in [-0.3, -0.25) is 29.0 Å². The largest absolute Gasteiger partial charge is 0.423 e. The lowest BCUT2D eigenvalue weighted by atomic mass is 10.0. The zero-order chi connectivity index (χ0) is 37.4. The molecule has 0 aliphatic carbocycles. The number of hydrogen-bond donors (Lipinski definition) is 0. The highest BCUT2D eigenvalue weighted by Gasteiger charge is 2.35. The van der Waals surface area contributed by atoms with Gasteiger partial charge in [0.2, 0.25) is 6.41 Å². The number of rotatable bonds is 11. The second kappa shape index (κ2) is 16.3. The Hall–Kier alpha value is -6.42. The third-order valence-corrected chi connectivity index (χ3v) is 8.02. The van der Waals surface area contributed by atoms with E-state index in [2.05, 4.69) is 13.2 Å². The molecule has 0 saturated heterocycles. The fraction of sp³-hybridized carbons (Fsp3) is 0.171. The Morgan fingerprint density at radius 2 is 1.22 bits per heavy atom. The molecule has 1 heterocycles. The molecule has 1 aliphatic rings. The Morgan fingerprint density at radius 1 is 0.686 bits per heavy atom. The van der Waals surface area contributed by atoms with Gasteiger partial charge in [-0.2, -0.15) is 0 Å². The van der Waals surface area contributed by atoms with Crippen molar-refractivity contribution in [1.82, 2.24) is 9.80 Å². The van der Waals surface area contributed by atoms with Crippen molar-refractivity contribution in [1.29, 1.82) is 0 Å². The van der Waals surface area contributed by atoms with E-state index in [1.807, 2.05) is 26.0 Å². The van der Waals surface area contributed by atoms with Crippen molar-refractivity contribution < 1.29 is 38.2 Å². The maximum Gasteiger partial charge on any atom is 0.343 e. The summed E-state index contributed by atoms with van der Waals surface area (Å²) in [6, 6.07) is 19.4. The molecule has 0 N–H and O–H groups in total. The number of hydrogen-bond acceptors (Lipinski definition) is 8. The van der Waals surface area contributed by atoms with Gasteiger partial charge < -0.3 is 9.47 Å². The molecule has 5 rings (SSSR count). The summed E-state index contributed by atoms with van der Waals surface area (Å²) in [7, 11) is 0. The number of nitrogens with zero attached hydrogens (tertiary/aromatic N) is 2. The summed E-state index contributed by atoms with van der Waals surface area (Å²) in [4.78, 5) is 77.5. The molecule has 0 saturated carbocycles. The molecule has 4 aromatic carbocycles. The second-order valence-corrected chi connectivity index (χ2v) is 11.4. The van der Waals surface area contributed by atoms with Crippen LogP contribution in [0.25, 0.3) is 11.1 Å². The summed E-state index contributed by atoms with van der Waals surface area (Å²) in [5, 5.41) is 0. The third kappa shape index (κ3) is 7.91. The van der Waals surface area contributed by atoms with Crippen LogP contribution in [0.2, 0.25) is 0 Å². The number of amides is 4. The monoisotopic (exact) mass is 686 g/mol. The number of fused-ring (bicyclic) bond motifs is 1. The Balaban J connectivity index is 0.00000286. The van der Waals surface area contributed by atoms with E-state index >= 15 is 0 Å². The summed E-state index contributed by atoms with van der Waals surface area (Å²) >= 11 is 0. The molecule has 4 amide bonds. The second-order valence-electron chi connectivity index (χ2n) is 11.4. The first kappa shape index (κ1) is 37.4. The standard InChI is InChI=1S/C39H32N2O8.C2H6/c1-6-16-40(22-42)35(43)31-20-28(9-8-23(31)3)38(46)48-33-14-11-26(18-24(33)4)27-12-15-34(25(5)19-27)49-39(47)29-10-13-30-32(21-29)37(45)41(17-7-2)36(30)44;1-2/h6-15,18-22H,1-2,16-17H2,3-5H3;1-2H3. The number of esters is 2. The van der Waals surface area contributed by atoms with Gasteiger partial charge in [-0.15, -0.1) is 13.2 Å². The van der Waals surface area contributed by atoms with E-state index in [1.165, 1.54) is 36.4 Å². The van der Waals surface area contributed by atoms with Crippen LogP contribution < -0.4 is 9.47 Å². The lowest BCUT2D eigenvalue weighted by Gasteiger charge is -2.16. The predicted octanol–water partition coefficient (Wildman–Crippen LogP) is 7.31. The molecule has 1 aliphatic heterocycles. The highest BCUT2D eigenvalue weighted by Crippen LogP contribution is 2.31. The van der Waals surface area contributed by atoms with E-state index in [-0.39, 0.29) is 40.9 Å². The van der Waals surface area contributed by atoms with Crippen LogP contribution in [0.5, 0.6) is 11.5 Å². The molecule has 0 unspecified atom stereocenters. The van der Waals surface area contributed by atoms with Gasteiger partial charge >= 0.3 is 11.9 Å². The quantitative estimate of drug-likeness (QED) is 0.0529. The molecule has 0 radical (unpaired) electrons. The summed E-state index contributed by atoms with van der Waals surface area (Å²) in [5.74, 6) is -2.17. The number of imide groups is 2. The first-order chi connectivity index (χ1) is 24.5. The van der Waals surface area contributed by atoms with Gasteiger partial charge in [0.05, 0.1) is 22.3 Å². The van der Waals surface area contributed by atoms with Gasteiger partial charge in [0.25, 0.3) is 17.7 Å². The molecule has 10 nitrogen and oxygen atoms in total. The van der Waals surface area contributed by atoms with Crippen molar-refractivity contribution in [2.24, 2.45) is 0 Å². The van der Waals surface area contributed by atoms with Crippen LogP contribution in [0.15, 0.2) is 98.1 Å². The predicted molar refractivity (Wildman–Crippen MR) is 193 cm³/mol. The highest BCUT2D eigenvalue weighted by atomic mass is 16.5. The fourth-order valence-electron chi connectivity index (χ4n) is 5.36. The Bertz CT molecular complexity index is 2080. The van der Waals surface area contributed by atoms with Crippen LogP contribution in [0.4, 0.5) is 0 Å². The molecule has 0 bridgehead atoms. The number of benzene rings is 4. The zero-order valence-corrected chi connectivity index (χ0v) is 29.1. The van der Waals surface area contributed by atoms with Crippen LogP contribution in [-0.4, -0.2) is 59.0 Å². The summed E-state index contributed by atoms with van der Waals surface area (Å²) < 4.78 is 11.3. The lowest BCUT2D eigenvalue weighted by Crippen LogP contribution is -2.30. The molecule has 4 aromatic rings. The first-order valence-corrected chi connectivity index (χ1v) is 16.2. The summed E-state index contributed by atoms with van der Waals surface area (Å²) in [6.45, 7) is 16.5. The highest BCUT2D eigenvalue weighted by molar-refractivity contribution is 6.22. The Morgan fingerprint density at radius 3 is 1.73 bits per heavy atom. The van der Waals surface area contributed by atoms with Crippen LogP contribution in [0.1, 0.15) is 82.3 Å². The maximum atomic E-state index is 13.1. The molecule has 10 heteroatoms. The minimum atomic E-state index is -0.675. The van der Waals surface area contributed by atoms with Crippen LogP contribution in [-0.2, 0) is 4.79 Å². The van der Waals surface area contributed by atoms with Gasteiger partial charge in [0.1, 0.15) is 11.5 Å². The molecule has 0 fully saturated rings. The molecule has 260 valence electrons. The molecule has 0 aromatic heterocycles. The number of aryl methyl sites for hydroxylation is 3. The van der Waals surface area contributed by atoms with Crippen molar-refractivity contribution in [2.45, 2.75) is 34.6 Å². The van der Waals surface area contributed by atoms with Gasteiger partial charge in [-0.1, -0.05) is 44.2 Å². The summed E-state index contributed by atoms with van der Waals surface area (Å²) in [5.41, 5.74) is 4.45. The van der Waals surface area contributed by atoms with Crippen LogP contribution in [0, 0.1) is 20.8 Å². The Kier molecular flexibility index (Phi) is 12.0. The lowest BCUT2D eigenvalue weighted by molar-refractivity contribution is -0.115. The average molecular weight is 687 g/mol. The van der Waals surface area contributed by atoms with E-state index in [9.17, 15) is 28.8 Å². The average Bonchev–Trinajstić information content (AvgIpc) is 3.37. The zero-order valence-electron chi connectivity index (χ0n) is 29.1. The molecular formula is C41H38N2O8. The van der Waals surface area contributed by atoms with Crippen LogP contribution >= 0.6 is 0 Å². The number of ether oxygens (including phenoxy) is 2. The van der Waals surface area contributed by atoms with E-state index in [4.69, 9.17) is 9.47 Å². The summed E-state index contributed by atoms with van der Waals surface area (Å²) in [6.07, 6.45) is 3.31. The molecule has 51 heavy (non-hydrogen) atoms. The number of carbonyl (C=O) groups is 6. The van der Waals surface area contributed by atoms with Crippen molar-refractivity contribution in [3.05, 3.63) is 143 Å². The van der Waals surface area contributed by atoms with Crippen molar-refractivity contribution >= 4 is 36.1 Å². The normalized spacial score (nSPS) is 11.5. The minimum Gasteiger partial charge on any atom is -0.423 e. The van der Waals surface area contributed by atoms with Crippen molar-refractivity contribution in [2.75, 3.05) is 13.1 Å². The Labute approximate surface area is 296 Å². The molecule has 0 spiro atoms. The fourth-order valence-corrected chi connectivity index (χ4v) is 5.36. The van der Waals surface area contributed by atoms with Gasteiger partial charge in [0.15, 0.2) is 0 Å².